The smallest absolute Gasteiger partial charge is 0.136 e. The number of hydrogen-bond donors (Lipinski definition) is 1. The summed E-state index contributed by atoms with van der Waals surface area (Å²) < 4.78 is 5.12. The molecule has 1 aromatic heterocycles. The van der Waals surface area contributed by atoms with E-state index in [0.29, 0.717) is 6.61 Å². The van der Waals surface area contributed by atoms with E-state index in [1.54, 1.807) is 7.11 Å². The molecule has 0 radical (unpaired) electrons. The molecule has 1 aliphatic rings. The summed E-state index contributed by atoms with van der Waals surface area (Å²) >= 11 is 0. The predicted molar refractivity (Wildman–Crippen MR) is 88.3 cm³/mol. The maximum absolute atomic E-state index is 5.12. The van der Waals surface area contributed by atoms with Crippen LogP contribution >= 0.6 is 0 Å². The number of nitrogens with one attached hydrogen (secondary N) is 1. The fourth-order valence-corrected chi connectivity index (χ4v) is 3.07. The molecule has 2 aromatic rings. The molecule has 0 bridgehead atoms. The van der Waals surface area contributed by atoms with Crippen molar-refractivity contribution in [3.8, 4) is 0 Å². The Morgan fingerprint density at radius 1 is 1.29 bits per heavy atom. The summed E-state index contributed by atoms with van der Waals surface area (Å²) in [4.78, 5) is 7.13. The Hall–Kier alpha value is -1.81. The highest BCUT2D eigenvalue weighted by Crippen LogP contribution is 2.33. The zero-order valence-corrected chi connectivity index (χ0v) is 12.9. The standard InChI is InChI=1S/C17H23N3O/c1-13-6-5-7-14-16(13)15(18-8-11-21-2)12-19-17(14)20-9-3-4-10-20/h5-7,12,18H,3-4,8-11H2,1-2H3. The number of methoxy groups -OCH3 is 1. The number of fused-ring (bicyclic) bond motifs is 1. The van der Waals surface area contributed by atoms with E-state index in [2.05, 4.69) is 35.3 Å². The molecular formula is C17H23N3O. The van der Waals surface area contributed by atoms with E-state index in [1.807, 2.05) is 6.20 Å². The van der Waals surface area contributed by atoms with Crippen LogP contribution in [0.1, 0.15) is 18.4 Å². The minimum Gasteiger partial charge on any atom is -0.383 e. The highest BCUT2D eigenvalue weighted by molar-refractivity contribution is 6.02. The Labute approximate surface area is 126 Å². The van der Waals surface area contributed by atoms with E-state index in [1.165, 1.54) is 29.2 Å². The lowest BCUT2D eigenvalue weighted by Crippen LogP contribution is -2.19. The van der Waals surface area contributed by atoms with Crippen molar-refractivity contribution < 1.29 is 4.74 Å². The van der Waals surface area contributed by atoms with Crippen LogP contribution in [0.15, 0.2) is 24.4 Å². The first-order valence-corrected chi connectivity index (χ1v) is 7.67. The highest BCUT2D eigenvalue weighted by Gasteiger charge is 2.18. The Morgan fingerprint density at radius 3 is 2.86 bits per heavy atom. The van der Waals surface area contributed by atoms with Gasteiger partial charge in [0.05, 0.1) is 18.5 Å². The van der Waals surface area contributed by atoms with Crippen molar-refractivity contribution in [2.75, 3.05) is 43.6 Å². The van der Waals surface area contributed by atoms with Gasteiger partial charge >= 0.3 is 0 Å². The molecule has 1 saturated heterocycles. The molecule has 1 aromatic carbocycles. The summed E-state index contributed by atoms with van der Waals surface area (Å²) in [5.41, 5.74) is 2.39. The second-order valence-corrected chi connectivity index (χ2v) is 5.61. The Kier molecular flexibility index (Phi) is 4.25. The van der Waals surface area contributed by atoms with Crippen LogP contribution in [0.3, 0.4) is 0 Å². The van der Waals surface area contributed by atoms with Gasteiger partial charge in [0, 0.05) is 37.5 Å². The van der Waals surface area contributed by atoms with E-state index in [9.17, 15) is 0 Å². The van der Waals surface area contributed by atoms with Crippen molar-refractivity contribution in [2.45, 2.75) is 19.8 Å². The highest BCUT2D eigenvalue weighted by atomic mass is 16.5. The molecule has 0 atom stereocenters. The fraction of sp³-hybridized carbons (Fsp3) is 0.471. The zero-order valence-electron chi connectivity index (χ0n) is 12.9. The first-order chi connectivity index (χ1) is 10.3. The van der Waals surface area contributed by atoms with Gasteiger partial charge < -0.3 is 15.0 Å². The quantitative estimate of drug-likeness (QED) is 0.856. The molecule has 0 amide bonds. The largest absolute Gasteiger partial charge is 0.383 e. The van der Waals surface area contributed by atoms with Crippen molar-refractivity contribution >= 4 is 22.3 Å². The van der Waals surface area contributed by atoms with E-state index < -0.39 is 0 Å². The third-order valence-electron chi connectivity index (χ3n) is 4.13. The lowest BCUT2D eigenvalue weighted by atomic mass is 10.0. The van der Waals surface area contributed by atoms with Crippen LogP contribution in [0, 0.1) is 6.92 Å². The van der Waals surface area contributed by atoms with E-state index in [4.69, 9.17) is 9.72 Å². The van der Waals surface area contributed by atoms with Crippen LogP contribution in [0.5, 0.6) is 0 Å². The maximum atomic E-state index is 5.12. The van der Waals surface area contributed by atoms with Crippen LogP contribution in [0.4, 0.5) is 11.5 Å². The van der Waals surface area contributed by atoms with E-state index >= 15 is 0 Å². The molecule has 21 heavy (non-hydrogen) atoms. The molecule has 1 N–H and O–H groups in total. The number of nitrogens with zero attached hydrogens (tertiary/aromatic N) is 2. The Morgan fingerprint density at radius 2 is 2.10 bits per heavy atom. The molecule has 2 heterocycles. The summed E-state index contributed by atoms with van der Waals surface area (Å²) in [5.74, 6) is 1.13. The van der Waals surface area contributed by atoms with Crippen molar-refractivity contribution in [1.29, 1.82) is 0 Å². The average molecular weight is 285 g/mol. The molecule has 4 nitrogen and oxygen atoms in total. The first kappa shape index (κ1) is 14.1. The molecule has 0 aliphatic carbocycles. The van der Waals surface area contributed by atoms with Crippen molar-refractivity contribution in [1.82, 2.24) is 4.98 Å². The summed E-state index contributed by atoms with van der Waals surface area (Å²) in [7, 11) is 1.72. The first-order valence-electron chi connectivity index (χ1n) is 7.67. The normalized spacial score (nSPS) is 14.9. The maximum Gasteiger partial charge on any atom is 0.136 e. The fourth-order valence-electron chi connectivity index (χ4n) is 3.07. The number of pyridine rings is 1. The van der Waals surface area contributed by atoms with Crippen LogP contribution in [0.2, 0.25) is 0 Å². The number of aryl methyl sites for hydroxylation is 1. The van der Waals surface area contributed by atoms with E-state index in [0.717, 1.165) is 31.1 Å². The topological polar surface area (TPSA) is 37.4 Å². The van der Waals surface area contributed by atoms with Gasteiger partial charge in [0.15, 0.2) is 0 Å². The third-order valence-corrected chi connectivity index (χ3v) is 4.13. The number of aromatic nitrogens is 1. The minimum atomic E-state index is 0.696. The van der Waals surface area contributed by atoms with Crippen molar-refractivity contribution in [3.63, 3.8) is 0 Å². The third kappa shape index (κ3) is 2.81. The summed E-state index contributed by atoms with van der Waals surface area (Å²) in [5, 5.41) is 5.97. The number of hydrogen-bond acceptors (Lipinski definition) is 4. The molecule has 112 valence electrons. The molecule has 4 heteroatoms. The SMILES string of the molecule is COCCNc1cnc(N2CCCC2)c2cccc(C)c12. The summed E-state index contributed by atoms with van der Waals surface area (Å²) in [6.07, 6.45) is 4.50. The number of ether oxygens (including phenoxy) is 1. The predicted octanol–water partition coefficient (Wildman–Crippen LogP) is 3.20. The molecule has 0 unspecified atom stereocenters. The van der Waals surface area contributed by atoms with Gasteiger partial charge in [0.25, 0.3) is 0 Å². The molecule has 1 aliphatic heterocycles. The van der Waals surface area contributed by atoms with Gasteiger partial charge in [-0.2, -0.15) is 0 Å². The van der Waals surface area contributed by atoms with Gasteiger partial charge in [-0.1, -0.05) is 18.2 Å². The van der Waals surface area contributed by atoms with Crippen LogP contribution in [-0.4, -0.2) is 38.3 Å². The van der Waals surface area contributed by atoms with Gasteiger partial charge in [-0.15, -0.1) is 0 Å². The second kappa shape index (κ2) is 6.31. The van der Waals surface area contributed by atoms with Gasteiger partial charge in [0.1, 0.15) is 5.82 Å². The van der Waals surface area contributed by atoms with Crippen molar-refractivity contribution in [3.05, 3.63) is 30.0 Å². The van der Waals surface area contributed by atoms with E-state index in [-0.39, 0.29) is 0 Å². The number of rotatable bonds is 5. The lowest BCUT2D eigenvalue weighted by molar-refractivity contribution is 0.211. The molecule has 0 spiro atoms. The molecule has 0 saturated carbocycles. The van der Waals surface area contributed by atoms with Gasteiger partial charge in [-0.25, -0.2) is 4.98 Å². The Balaban J connectivity index is 2.03. The second-order valence-electron chi connectivity index (χ2n) is 5.61. The minimum absolute atomic E-state index is 0.696. The van der Waals surface area contributed by atoms with Gasteiger partial charge in [0.2, 0.25) is 0 Å². The van der Waals surface area contributed by atoms with Crippen LogP contribution in [-0.2, 0) is 4.74 Å². The number of benzene rings is 1. The monoisotopic (exact) mass is 285 g/mol. The molecular weight excluding hydrogens is 262 g/mol. The Bertz CT molecular complexity index is 621. The molecule has 1 fully saturated rings. The van der Waals surface area contributed by atoms with Crippen LogP contribution in [0.25, 0.3) is 10.8 Å². The lowest BCUT2D eigenvalue weighted by Gasteiger charge is -2.21. The van der Waals surface area contributed by atoms with Crippen LogP contribution < -0.4 is 10.2 Å². The molecule has 3 rings (SSSR count). The van der Waals surface area contributed by atoms with Gasteiger partial charge in [-0.05, 0) is 25.3 Å². The number of anilines is 2. The summed E-state index contributed by atoms with van der Waals surface area (Å²) in [6.45, 7) is 5.89. The van der Waals surface area contributed by atoms with Crippen molar-refractivity contribution in [2.24, 2.45) is 0 Å². The average Bonchev–Trinajstić information content (AvgIpc) is 3.02. The zero-order chi connectivity index (χ0) is 14.7. The summed E-state index contributed by atoms with van der Waals surface area (Å²) in [6, 6.07) is 6.47. The van der Waals surface area contributed by atoms with Gasteiger partial charge in [-0.3, -0.25) is 0 Å².